The van der Waals surface area contributed by atoms with E-state index in [9.17, 15) is 9.59 Å². The summed E-state index contributed by atoms with van der Waals surface area (Å²) in [5, 5.41) is 2.76. The van der Waals surface area contributed by atoms with Gasteiger partial charge in [-0.25, -0.2) is 0 Å². The zero-order valence-corrected chi connectivity index (χ0v) is 12.6. The van der Waals surface area contributed by atoms with Crippen molar-refractivity contribution in [1.29, 1.82) is 0 Å². The van der Waals surface area contributed by atoms with Gasteiger partial charge in [-0.05, 0) is 44.4 Å². The minimum atomic E-state index is -0.531. The van der Waals surface area contributed by atoms with Gasteiger partial charge in [-0.15, -0.1) is 0 Å². The third-order valence-corrected chi connectivity index (χ3v) is 4.02. The molecule has 2 aliphatic heterocycles. The number of piperidine rings is 1. The van der Waals surface area contributed by atoms with E-state index in [-0.39, 0.29) is 18.6 Å². The van der Waals surface area contributed by atoms with Crippen molar-refractivity contribution in [3.8, 4) is 11.5 Å². The van der Waals surface area contributed by atoms with E-state index in [2.05, 4.69) is 5.32 Å². The predicted molar refractivity (Wildman–Crippen MR) is 79.9 cm³/mol. The lowest BCUT2D eigenvalue weighted by Gasteiger charge is -2.29. The highest BCUT2D eigenvalue weighted by atomic mass is 16.7. The van der Waals surface area contributed by atoms with Crippen molar-refractivity contribution in [2.45, 2.75) is 32.2 Å². The Balaban J connectivity index is 1.62. The van der Waals surface area contributed by atoms with Gasteiger partial charge in [0.2, 0.25) is 12.7 Å². The Hall–Kier alpha value is -2.24. The summed E-state index contributed by atoms with van der Waals surface area (Å²) >= 11 is 0. The zero-order chi connectivity index (χ0) is 15.5. The molecular weight excluding hydrogens is 284 g/mol. The van der Waals surface area contributed by atoms with Crippen LogP contribution in [-0.2, 0) is 4.79 Å². The van der Waals surface area contributed by atoms with Crippen molar-refractivity contribution in [3.63, 3.8) is 0 Å². The maximum Gasteiger partial charge on any atom is 0.252 e. The molecule has 6 heteroatoms. The average molecular weight is 304 g/mol. The first kappa shape index (κ1) is 14.7. The Labute approximate surface area is 129 Å². The molecule has 2 heterocycles. The van der Waals surface area contributed by atoms with Crippen molar-refractivity contribution in [1.82, 2.24) is 10.2 Å². The van der Waals surface area contributed by atoms with E-state index in [4.69, 9.17) is 9.47 Å². The SMILES string of the molecule is C[C@H](NC(=O)c1ccc2c(c1)OCO2)C(=O)N1CCCCC1. The average Bonchev–Trinajstić information content (AvgIpc) is 3.02. The van der Waals surface area contributed by atoms with E-state index in [0.717, 1.165) is 25.9 Å². The Morgan fingerprint density at radius 3 is 2.64 bits per heavy atom. The van der Waals surface area contributed by atoms with Crippen LogP contribution >= 0.6 is 0 Å². The number of rotatable bonds is 3. The van der Waals surface area contributed by atoms with Gasteiger partial charge in [0.15, 0.2) is 11.5 Å². The first-order valence-electron chi connectivity index (χ1n) is 7.64. The predicted octanol–water partition coefficient (Wildman–Crippen LogP) is 1.55. The van der Waals surface area contributed by atoms with E-state index >= 15 is 0 Å². The van der Waals surface area contributed by atoms with Crippen LogP contribution in [0.25, 0.3) is 0 Å². The van der Waals surface area contributed by atoms with Crippen molar-refractivity contribution in [2.75, 3.05) is 19.9 Å². The molecule has 2 aliphatic rings. The monoisotopic (exact) mass is 304 g/mol. The highest BCUT2D eigenvalue weighted by Gasteiger charge is 2.24. The van der Waals surface area contributed by atoms with E-state index in [1.807, 2.05) is 4.90 Å². The van der Waals surface area contributed by atoms with Gasteiger partial charge in [-0.2, -0.15) is 0 Å². The summed E-state index contributed by atoms with van der Waals surface area (Å²) in [7, 11) is 0. The van der Waals surface area contributed by atoms with Gasteiger partial charge >= 0.3 is 0 Å². The normalized spacial score (nSPS) is 18.0. The quantitative estimate of drug-likeness (QED) is 0.920. The summed E-state index contributed by atoms with van der Waals surface area (Å²) in [5.74, 6) is 0.890. The summed E-state index contributed by atoms with van der Waals surface area (Å²) < 4.78 is 10.5. The number of carbonyl (C=O) groups is 2. The van der Waals surface area contributed by atoms with Crippen molar-refractivity contribution in [2.24, 2.45) is 0 Å². The molecule has 1 N–H and O–H groups in total. The third-order valence-electron chi connectivity index (χ3n) is 4.02. The summed E-state index contributed by atoms with van der Waals surface area (Å²) in [4.78, 5) is 26.4. The minimum Gasteiger partial charge on any atom is -0.454 e. The first-order chi connectivity index (χ1) is 10.6. The lowest BCUT2D eigenvalue weighted by atomic mass is 10.1. The van der Waals surface area contributed by atoms with Gasteiger partial charge in [0.1, 0.15) is 6.04 Å². The number of hydrogen-bond donors (Lipinski definition) is 1. The van der Waals surface area contributed by atoms with Gasteiger partial charge in [0.25, 0.3) is 5.91 Å². The molecule has 22 heavy (non-hydrogen) atoms. The molecule has 0 bridgehead atoms. The number of benzene rings is 1. The van der Waals surface area contributed by atoms with Crippen LogP contribution in [0.2, 0.25) is 0 Å². The highest BCUT2D eigenvalue weighted by molar-refractivity contribution is 5.98. The molecule has 0 radical (unpaired) electrons. The van der Waals surface area contributed by atoms with E-state index in [0.29, 0.717) is 17.1 Å². The number of fused-ring (bicyclic) bond motifs is 1. The topological polar surface area (TPSA) is 67.9 Å². The maximum absolute atomic E-state index is 12.3. The molecular formula is C16H20N2O4. The maximum atomic E-state index is 12.3. The second kappa shape index (κ2) is 6.25. The van der Waals surface area contributed by atoms with Gasteiger partial charge < -0.3 is 19.7 Å². The molecule has 3 rings (SSSR count). The van der Waals surface area contributed by atoms with Crippen molar-refractivity contribution < 1.29 is 19.1 Å². The van der Waals surface area contributed by atoms with Crippen LogP contribution in [0.1, 0.15) is 36.5 Å². The number of amides is 2. The van der Waals surface area contributed by atoms with Gasteiger partial charge in [-0.3, -0.25) is 9.59 Å². The lowest BCUT2D eigenvalue weighted by Crippen LogP contribution is -2.48. The Morgan fingerprint density at radius 1 is 1.14 bits per heavy atom. The highest BCUT2D eigenvalue weighted by Crippen LogP contribution is 2.32. The summed E-state index contributed by atoms with van der Waals surface area (Å²) in [6.45, 7) is 3.46. The molecule has 0 unspecified atom stereocenters. The van der Waals surface area contributed by atoms with Crippen LogP contribution in [0, 0.1) is 0 Å². The number of nitrogens with zero attached hydrogens (tertiary/aromatic N) is 1. The smallest absolute Gasteiger partial charge is 0.252 e. The van der Waals surface area contributed by atoms with Crippen LogP contribution in [0.5, 0.6) is 11.5 Å². The summed E-state index contributed by atoms with van der Waals surface area (Å²) in [5.41, 5.74) is 0.461. The second-order valence-corrected chi connectivity index (χ2v) is 5.65. The Morgan fingerprint density at radius 2 is 1.86 bits per heavy atom. The van der Waals surface area contributed by atoms with E-state index < -0.39 is 6.04 Å². The number of ether oxygens (including phenoxy) is 2. The molecule has 1 atom stereocenters. The Kier molecular flexibility index (Phi) is 4.18. The molecule has 0 aliphatic carbocycles. The van der Waals surface area contributed by atoms with Crippen molar-refractivity contribution >= 4 is 11.8 Å². The van der Waals surface area contributed by atoms with Crippen molar-refractivity contribution in [3.05, 3.63) is 23.8 Å². The van der Waals surface area contributed by atoms with E-state index in [1.54, 1.807) is 25.1 Å². The van der Waals surface area contributed by atoms with Crippen LogP contribution < -0.4 is 14.8 Å². The zero-order valence-electron chi connectivity index (χ0n) is 12.6. The fourth-order valence-corrected chi connectivity index (χ4v) is 2.77. The molecule has 1 aromatic rings. The number of carbonyl (C=O) groups excluding carboxylic acids is 2. The molecule has 0 saturated carbocycles. The fourth-order valence-electron chi connectivity index (χ4n) is 2.77. The van der Waals surface area contributed by atoms with Gasteiger partial charge in [0, 0.05) is 18.7 Å². The summed E-state index contributed by atoms with van der Waals surface area (Å²) in [6, 6.07) is 4.47. The number of hydrogen-bond acceptors (Lipinski definition) is 4. The lowest BCUT2D eigenvalue weighted by molar-refractivity contribution is -0.133. The van der Waals surface area contributed by atoms with Crippen LogP contribution in [0.3, 0.4) is 0 Å². The molecule has 118 valence electrons. The number of nitrogens with one attached hydrogen (secondary N) is 1. The molecule has 0 spiro atoms. The number of likely N-dealkylation sites (tertiary alicyclic amines) is 1. The Bertz CT molecular complexity index is 582. The molecule has 2 amide bonds. The molecule has 0 aromatic heterocycles. The van der Waals surface area contributed by atoms with Gasteiger partial charge in [0.05, 0.1) is 0 Å². The largest absolute Gasteiger partial charge is 0.454 e. The fraction of sp³-hybridized carbons (Fsp3) is 0.500. The molecule has 1 aromatic carbocycles. The summed E-state index contributed by atoms with van der Waals surface area (Å²) in [6.07, 6.45) is 3.24. The molecule has 1 saturated heterocycles. The van der Waals surface area contributed by atoms with Crippen LogP contribution in [0.4, 0.5) is 0 Å². The minimum absolute atomic E-state index is 0.0196. The van der Waals surface area contributed by atoms with Crippen LogP contribution in [0.15, 0.2) is 18.2 Å². The molecule has 1 fully saturated rings. The third kappa shape index (κ3) is 3.00. The van der Waals surface area contributed by atoms with E-state index in [1.165, 1.54) is 6.42 Å². The second-order valence-electron chi connectivity index (χ2n) is 5.65. The van der Waals surface area contributed by atoms with Gasteiger partial charge in [-0.1, -0.05) is 0 Å². The standard InChI is InChI=1S/C16H20N2O4/c1-11(16(20)18-7-3-2-4-8-18)17-15(19)12-5-6-13-14(9-12)22-10-21-13/h5-6,9,11H,2-4,7-8,10H2,1H3,(H,17,19)/t11-/m0/s1. The first-order valence-corrected chi connectivity index (χ1v) is 7.64. The van der Waals surface area contributed by atoms with Crippen LogP contribution in [-0.4, -0.2) is 42.6 Å². The molecule has 6 nitrogen and oxygen atoms in total.